The number of allylic oxidation sites excluding steroid dienone is 2. The van der Waals surface area contributed by atoms with Crippen LogP contribution in [0.5, 0.6) is 0 Å². The Kier molecular flexibility index (Phi) is 1.65. The van der Waals surface area contributed by atoms with Crippen molar-refractivity contribution in [3.8, 4) is 0 Å². The maximum Gasteiger partial charge on any atom is 0.200 e. The average Bonchev–Trinajstić information content (AvgIpc) is 2.53. The Hall–Kier alpha value is -1.59. The lowest BCUT2D eigenvalue weighted by molar-refractivity contribution is 0.640. The molecule has 0 saturated heterocycles. The van der Waals surface area contributed by atoms with Crippen LogP contribution in [-0.4, -0.2) is 11.9 Å². The highest BCUT2D eigenvalue weighted by Crippen LogP contribution is 2.20. The second-order valence-corrected chi connectivity index (χ2v) is 2.77. The zero-order chi connectivity index (χ0) is 8.39. The molecule has 0 amide bonds. The first kappa shape index (κ1) is 7.08. The number of benzene rings is 1. The van der Waals surface area contributed by atoms with Gasteiger partial charge in [-0.25, -0.2) is 0 Å². The minimum atomic E-state index is 1.20. The van der Waals surface area contributed by atoms with Gasteiger partial charge in [-0.1, -0.05) is 18.2 Å². The van der Waals surface area contributed by atoms with Gasteiger partial charge in [-0.15, -0.1) is 0 Å². The van der Waals surface area contributed by atoms with Crippen LogP contribution in [0.3, 0.4) is 0 Å². The van der Waals surface area contributed by atoms with Gasteiger partial charge in [-0.2, -0.15) is 4.90 Å². The molecule has 0 atom stereocenters. The van der Waals surface area contributed by atoms with Crippen LogP contribution in [0.15, 0.2) is 42.5 Å². The Balaban J connectivity index is 2.34. The number of rotatable bonds is 1. The van der Waals surface area contributed by atoms with Gasteiger partial charge in [-0.3, -0.25) is 0 Å². The first-order chi connectivity index (χ1) is 5.88. The van der Waals surface area contributed by atoms with Gasteiger partial charge in [0.15, 0.2) is 5.70 Å². The summed E-state index contributed by atoms with van der Waals surface area (Å²) in [6, 6.07) is 10.3. The lowest BCUT2D eigenvalue weighted by Crippen LogP contribution is -2.05. The molecule has 0 N–H and O–H groups in total. The number of hydrogen-bond acceptors (Lipinski definition) is 1. The molecule has 0 fully saturated rings. The molecular weight excluding hydrogens is 146 g/mol. The molecule has 2 rings (SSSR count). The van der Waals surface area contributed by atoms with Crippen LogP contribution in [0.4, 0.5) is 0 Å². The molecule has 0 radical (unpaired) electrons. The molecule has 0 aromatic heterocycles. The van der Waals surface area contributed by atoms with E-state index >= 15 is 0 Å². The van der Waals surface area contributed by atoms with Gasteiger partial charge in [0.05, 0.1) is 5.56 Å². The van der Waals surface area contributed by atoms with Crippen LogP contribution in [0.25, 0.3) is 5.70 Å². The smallest absolute Gasteiger partial charge is 0.187 e. The first-order valence-electron chi connectivity index (χ1n) is 3.97. The number of hydrogen-bond donors (Lipinski definition) is 0. The van der Waals surface area contributed by atoms with Crippen molar-refractivity contribution in [2.45, 2.75) is 0 Å². The quantitative estimate of drug-likeness (QED) is 0.564. The predicted octanol–water partition coefficient (Wildman–Crippen LogP) is 2.29. The van der Waals surface area contributed by atoms with Gasteiger partial charge in [-0.05, 0) is 12.1 Å². The maximum atomic E-state index is 3.08. The highest BCUT2D eigenvalue weighted by Gasteiger charge is 2.18. The monoisotopic (exact) mass is 156 g/mol. The molecule has 58 valence electrons. The highest BCUT2D eigenvalue weighted by molar-refractivity contribution is 5.67. The first-order valence-corrected chi connectivity index (χ1v) is 3.97. The topological polar surface area (TPSA) is 3.24 Å². The van der Waals surface area contributed by atoms with E-state index in [2.05, 4.69) is 24.4 Å². The van der Waals surface area contributed by atoms with E-state index in [1.807, 2.05) is 36.2 Å². The molecule has 1 nitrogen and oxygen atoms in total. The second kappa shape index (κ2) is 2.80. The summed E-state index contributed by atoms with van der Waals surface area (Å²) in [7, 11) is 2.00. The van der Waals surface area contributed by atoms with Gasteiger partial charge in [0.25, 0.3) is 0 Å². The van der Waals surface area contributed by atoms with Crippen molar-refractivity contribution in [3.63, 3.8) is 0 Å². The highest BCUT2D eigenvalue weighted by atomic mass is 15.1. The largest absolute Gasteiger partial charge is 0.200 e. The van der Waals surface area contributed by atoms with Gasteiger partial charge >= 0.3 is 0 Å². The Bertz CT molecular complexity index is 322. The fourth-order valence-electron chi connectivity index (χ4n) is 1.31. The summed E-state index contributed by atoms with van der Waals surface area (Å²) in [6.07, 6.45) is 7.08. The zero-order valence-corrected chi connectivity index (χ0v) is 6.99. The predicted molar refractivity (Wildman–Crippen MR) is 50.0 cm³/mol. The van der Waals surface area contributed by atoms with Crippen LogP contribution in [0, 0.1) is 6.20 Å². The van der Waals surface area contributed by atoms with Gasteiger partial charge in [0.2, 0.25) is 0 Å². The molecule has 1 aromatic rings. The molecule has 1 heterocycles. The molecule has 1 heteroatoms. The van der Waals surface area contributed by atoms with Crippen LogP contribution in [-0.2, 0) is 0 Å². The van der Waals surface area contributed by atoms with Gasteiger partial charge in [0, 0.05) is 7.05 Å². The normalized spacial score (nSPS) is 14.4. The standard InChI is InChI=1S/C11H10N/c1-12-9-5-8-11(12)10-6-3-2-4-7-10/h2-8H,1H3/q+1. The van der Waals surface area contributed by atoms with Gasteiger partial charge in [0.1, 0.15) is 18.4 Å². The van der Waals surface area contributed by atoms with Crippen molar-refractivity contribution in [3.05, 3.63) is 54.2 Å². The minimum Gasteiger partial charge on any atom is -0.187 e. The Labute approximate surface area is 72.6 Å². The van der Waals surface area contributed by atoms with E-state index < -0.39 is 0 Å². The zero-order valence-electron chi connectivity index (χ0n) is 6.99. The SMILES string of the molecule is CN1[C+]=CC=C1c1ccccc1. The molecule has 1 aliphatic rings. The number of nitrogens with zero attached hydrogens (tertiary/aromatic N) is 1. The molecule has 1 aromatic carbocycles. The minimum absolute atomic E-state index is 1.20. The Morgan fingerprint density at radius 3 is 2.50 bits per heavy atom. The Morgan fingerprint density at radius 2 is 1.92 bits per heavy atom. The molecule has 0 bridgehead atoms. The third-order valence-corrected chi connectivity index (χ3v) is 1.94. The van der Waals surface area contributed by atoms with E-state index in [9.17, 15) is 0 Å². The van der Waals surface area contributed by atoms with Crippen LogP contribution >= 0.6 is 0 Å². The fourth-order valence-corrected chi connectivity index (χ4v) is 1.31. The lowest BCUT2D eigenvalue weighted by Gasteiger charge is -2.02. The van der Waals surface area contributed by atoms with Crippen molar-refractivity contribution >= 4 is 5.70 Å². The lowest BCUT2D eigenvalue weighted by atomic mass is 10.1. The van der Waals surface area contributed by atoms with Crippen molar-refractivity contribution in [1.82, 2.24) is 4.90 Å². The molecule has 0 spiro atoms. The second-order valence-electron chi connectivity index (χ2n) is 2.77. The molecular formula is C11H10N+. The maximum absolute atomic E-state index is 3.08. The summed E-state index contributed by atoms with van der Waals surface area (Å²) < 4.78 is 0. The average molecular weight is 156 g/mol. The van der Waals surface area contributed by atoms with Crippen molar-refractivity contribution in [2.75, 3.05) is 7.05 Å². The van der Waals surface area contributed by atoms with E-state index in [4.69, 9.17) is 0 Å². The summed E-state index contributed by atoms with van der Waals surface area (Å²) in [5, 5.41) is 0. The summed E-state index contributed by atoms with van der Waals surface area (Å²) in [5.74, 6) is 0. The van der Waals surface area contributed by atoms with Crippen LogP contribution in [0.1, 0.15) is 5.56 Å². The van der Waals surface area contributed by atoms with E-state index in [1.54, 1.807) is 0 Å². The summed E-state index contributed by atoms with van der Waals surface area (Å²) in [4.78, 5) is 2.00. The fraction of sp³-hybridized carbons (Fsp3) is 0.0909. The third-order valence-electron chi connectivity index (χ3n) is 1.94. The summed E-state index contributed by atoms with van der Waals surface area (Å²) in [5.41, 5.74) is 2.44. The van der Waals surface area contributed by atoms with E-state index in [-0.39, 0.29) is 0 Å². The molecule has 0 aliphatic carbocycles. The van der Waals surface area contributed by atoms with Crippen LogP contribution in [0.2, 0.25) is 0 Å². The summed E-state index contributed by atoms with van der Waals surface area (Å²) >= 11 is 0. The summed E-state index contributed by atoms with van der Waals surface area (Å²) in [6.45, 7) is 0. The van der Waals surface area contributed by atoms with Crippen molar-refractivity contribution < 1.29 is 0 Å². The Morgan fingerprint density at radius 1 is 1.17 bits per heavy atom. The third kappa shape index (κ3) is 1.11. The molecule has 12 heavy (non-hydrogen) atoms. The van der Waals surface area contributed by atoms with Crippen molar-refractivity contribution in [1.29, 1.82) is 0 Å². The van der Waals surface area contributed by atoms with Crippen molar-refractivity contribution in [2.24, 2.45) is 0 Å². The van der Waals surface area contributed by atoms with Gasteiger partial charge < -0.3 is 0 Å². The van der Waals surface area contributed by atoms with Crippen LogP contribution < -0.4 is 0 Å². The molecule has 1 aliphatic heterocycles. The van der Waals surface area contributed by atoms with E-state index in [0.29, 0.717) is 0 Å². The molecule has 0 saturated carbocycles. The molecule has 0 unspecified atom stereocenters. The van der Waals surface area contributed by atoms with E-state index in [0.717, 1.165) is 0 Å². The van der Waals surface area contributed by atoms with E-state index in [1.165, 1.54) is 11.3 Å².